The van der Waals surface area contributed by atoms with Gasteiger partial charge in [0.05, 0.1) is 18.6 Å². The molecule has 11 heteroatoms. The van der Waals surface area contributed by atoms with E-state index in [1.54, 1.807) is 30.5 Å². The molecule has 9 nitrogen and oxygen atoms in total. The molecule has 0 aliphatic heterocycles. The Hall–Kier alpha value is -2.24. The number of carbonyl (C=O) groups excluding carboxylic acids is 1. The van der Waals surface area contributed by atoms with Gasteiger partial charge in [0.25, 0.3) is 0 Å². The molecule has 0 aliphatic carbocycles. The lowest BCUT2D eigenvalue weighted by Gasteiger charge is -2.21. The second-order valence-corrected chi connectivity index (χ2v) is 8.53. The minimum absolute atomic E-state index is 0.0543. The number of rotatable bonds is 9. The minimum atomic E-state index is -3.88. The van der Waals surface area contributed by atoms with Crippen molar-refractivity contribution >= 4 is 28.1 Å². The van der Waals surface area contributed by atoms with Crippen LogP contribution in [-0.2, 0) is 27.9 Å². The summed E-state index contributed by atoms with van der Waals surface area (Å²) in [5, 5.41) is 9.48. The van der Waals surface area contributed by atoms with Gasteiger partial charge in [-0.1, -0.05) is 13.8 Å². The molecule has 154 valence electrons. The highest BCUT2D eigenvalue weighted by Gasteiger charge is 2.28. The van der Waals surface area contributed by atoms with Crippen molar-refractivity contribution in [2.75, 3.05) is 7.11 Å². The zero-order valence-electron chi connectivity index (χ0n) is 16.2. The van der Waals surface area contributed by atoms with Crippen molar-refractivity contribution in [3.05, 3.63) is 34.9 Å². The topological polar surface area (TPSA) is 118 Å². The Labute approximate surface area is 169 Å². The molecular formula is C17H25N5O4S2. The summed E-state index contributed by atoms with van der Waals surface area (Å²) in [6, 6.07) is 5.01. The molecular weight excluding hydrogens is 402 g/mol. The van der Waals surface area contributed by atoms with Crippen LogP contribution in [0.4, 0.5) is 0 Å². The lowest BCUT2D eigenvalue weighted by Crippen LogP contribution is -2.49. The summed E-state index contributed by atoms with van der Waals surface area (Å²) in [6.45, 7) is 6.19. The number of H-pyrrole nitrogens is 1. The Morgan fingerprint density at radius 3 is 2.50 bits per heavy atom. The third-order valence-electron chi connectivity index (χ3n) is 4.18. The van der Waals surface area contributed by atoms with Crippen molar-refractivity contribution in [3.63, 3.8) is 0 Å². The van der Waals surface area contributed by atoms with Gasteiger partial charge in [0.15, 0.2) is 10.6 Å². The van der Waals surface area contributed by atoms with Crippen molar-refractivity contribution < 1.29 is 17.9 Å². The first-order valence-electron chi connectivity index (χ1n) is 8.77. The van der Waals surface area contributed by atoms with Gasteiger partial charge < -0.3 is 14.6 Å². The molecule has 0 aliphatic rings. The average Bonchev–Trinajstić information content (AvgIpc) is 3.03. The van der Waals surface area contributed by atoms with Crippen LogP contribution in [0.25, 0.3) is 0 Å². The number of hydrogen-bond donors (Lipinski definition) is 3. The molecule has 0 saturated heterocycles. The molecule has 3 N–H and O–H groups in total. The maximum atomic E-state index is 12.7. The van der Waals surface area contributed by atoms with Crippen LogP contribution in [-0.4, -0.2) is 42.2 Å². The van der Waals surface area contributed by atoms with Gasteiger partial charge in [-0.15, -0.1) is 0 Å². The Morgan fingerprint density at radius 2 is 1.96 bits per heavy atom. The first-order chi connectivity index (χ1) is 13.2. The van der Waals surface area contributed by atoms with Gasteiger partial charge in [0.2, 0.25) is 15.9 Å². The first kappa shape index (κ1) is 22.1. The summed E-state index contributed by atoms with van der Waals surface area (Å²) in [5.74, 6) is 0.409. The van der Waals surface area contributed by atoms with Gasteiger partial charge in [-0.05, 0) is 49.3 Å². The number of ether oxygens (including phenoxy) is 1. The van der Waals surface area contributed by atoms with Gasteiger partial charge in [0.1, 0.15) is 11.8 Å². The molecule has 28 heavy (non-hydrogen) atoms. The highest BCUT2D eigenvalue weighted by atomic mass is 32.2. The van der Waals surface area contributed by atoms with Gasteiger partial charge in [-0.3, -0.25) is 9.89 Å². The summed E-state index contributed by atoms with van der Waals surface area (Å²) < 4.78 is 35.1. The number of aromatic amines is 1. The quantitative estimate of drug-likeness (QED) is 0.523. The van der Waals surface area contributed by atoms with E-state index < -0.39 is 22.0 Å². The highest BCUT2D eigenvalue weighted by Crippen LogP contribution is 2.17. The number of amides is 1. The van der Waals surface area contributed by atoms with Crippen molar-refractivity contribution in [1.82, 2.24) is 24.8 Å². The molecule has 2 aromatic rings. The average molecular weight is 428 g/mol. The van der Waals surface area contributed by atoms with Gasteiger partial charge in [-0.25, -0.2) is 8.42 Å². The van der Waals surface area contributed by atoms with Gasteiger partial charge in [-0.2, -0.15) is 9.82 Å². The van der Waals surface area contributed by atoms with E-state index in [9.17, 15) is 13.2 Å². The van der Waals surface area contributed by atoms with E-state index >= 15 is 0 Å². The van der Waals surface area contributed by atoms with Crippen LogP contribution in [0.5, 0.6) is 5.75 Å². The maximum absolute atomic E-state index is 12.7. The fourth-order valence-electron chi connectivity index (χ4n) is 2.57. The maximum Gasteiger partial charge on any atom is 0.241 e. The van der Waals surface area contributed by atoms with Crippen molar-refractivity contribution in [1.29, 1.82) is 0 Å². The van der Waals surface area contributed by atoms with E-state index in [4.69, 9.17) is 17.0 Å². The van der Waals surface area contributed by atoms with Crippen LogP contribution in [0.15, 0.2) is 29.2 Å². The van der Waals surface area contributed by atoms with E-state index in [-0.39, 0.29) is 17.4 Å². The fraction of sp³-hybridized carbons (Fsp3) is 0.471. The Bertz CT molecular complexity index is 964. The molecule has 0 bridgehead atoms. The number of sulfonamides is 1. The van der Waals surface area contributed by atoms with E-state index in [0.717, 1.165) is 0 Å². The standard InChI is InChI=1S/C17H25N5O4S2/c1-5-22-14(19-20-17(22)27)10-18-16(23)15(11(2)3)21-28(24,25)13-8-6-12(26-4)7-9-13/h6-9,11,15,21H,5,10H2,1-4H3,(H,18,23)(H,20,27)/t15-/m0/s1. The smallest absolute Gasteiger partial charge is 0.241 e. The molecule has 1 amide bonds. The molecule has 1 aromatic carbocycles. The first-order valence-corrected chi connectivity index (χ1v) is 10.7. The number of aromatic nitrogens is 3. The van der Waals surface area contributed by atoms with Crippen LogP contribution in [0.3, 0.4) is 0 Å². The Balaban J connectivity index is 2.12. The number of nitrogens with zero attached hydrogens (tertiary/aromatic N) is 2. The zero-order valence-corrected chi connectivity index (χ0v) is 17.9. The largest absolute Gasteiger partial charge is 0.497 e. The number of hydrogen-bond acceptors (Lipinski definition) is 6. The molecule has 1 aromatic heterocycles. The third-order valence-corrected chi connectivity index (χ3v) is 5.94. The summed E-state index contributed by atoms with van der Waals surface area (Å²) >= 11 is 5.12. The molecule has 0 fully saturated rings. The third kappa shape index (κ3) is 5.18. The van der Waals surface area contributed by atoms with E-state index in [2.05, 4.69) is 20.2 Å². The zero-order chi connectivity index (χ0) is 20.9. The normalized spacial score (nSPS) is 12.8. The predicted molar refractivity (Wildman–Crippen MR) is 107 cm³/mol. The van der Waals surface area contributed by atoms with Crippen molar-refractivity contribution in [3.8, 4) is 5.75 Å². The highest BCUT2D eigenvalue weighted by molar-refractivity contribution is 7.89. The number of benzene rings is 1. The molecule has 1 atom stereocenters. The van der Waals surface area contributed by atoms with Gasteiger partial charge in [0, 0.05) is 6.54 Å². The van der Waals surface area contributed by atoms with Crippen molar-refractivity contribution in [2.45, 2.75) is 44.8 Å². The van der Waals surface area contributed by atoms with Crippen LogP contribution in [0.2, 0.25) is 0 Å². The molecule has 0 saturated carbocycles. The Kier molecular flexibility index (Phi) is 7.33. The second kappa shape index (κ2) is 9.30. The number of carbonyl (C=O) groups is 1. The molecule has 0 unspecified atom stereocenters. The van der Waals surface area contributed by atoms with Crippen LogP contribution >= 0.6 is 12.2 Å². The van der Waals surface area contributed by atoms with E-state index in [1.165, 1.54) is 19.2 Å². The number of nitrogens with one attached hydrogen (secondary N) is 3. The molecule has 0 radical (unpaired) electrons. The van der Waals surface area contributed by atoms with Crippen molar-refractivity contribution in [2.24, 2.45) is 5.92 Å². The second-order valence-electron chi connectivity index (χ2n) is 6.43. The lowest BCUT2D eigenvalue weighted by molar-refractivity contribution is -0.123. The van der Waals surface area contributed by atoms with E-state index in [1.807, 2.05) is 6.92 Å². The molecule has 0 spiro atoms. The van der Waals surface area contributed by atoms with Crippen LogP contribution in [0.1, 0.15) is 26.6 Å². The predicted octanol–water partition coefficient (Wildman–Crippen LogP) is 1.59. The van der Waals surface area contributed by atoms with Crippen LogP contribution in [0, 0.1) is 10.7 Å². The summed E-state index contributed by atoms with van der Waals surface area (Å²) in [6.07, 6.45) is 0. The monoisotopic (exact) mass is 427 g/mol. The minimum Gasteiger partial charge on any atom is -0.497 e. The molecule has 2 rings (SSSR count). The molecule has 1 heterocycles. The Morgan fingerprint density at radius 1 is 1.32 bits per heavy atom. The summed E-state index contributed by atoms with van der Waals surface area (Å²) in [5.41, 5.74) is 0. The van der Waals surface area contributed by atoms with Gasteiger partial charge >= 0.3 is 0 Å². The van der Waals surface area contributed by atoms with E-state index in [0.29, 0.717) is 22.9 Å². The lowest BCUT2D eigenvalue weighted by atomic mass is 10.1. The SMILES string of the molecule is CCn1c(CNC(=O)[C@@H](NS(=O)(=O)c2ccc(OC)cc2)C(C)C)n[nH]c1=S. The number of methoxy groups -OCH3 is 1. The summed E-state index contributed by atoms with van der Waals surface area (Å²) in [7, 11) is -2.38. The fourth-order valence-corrected chi connectivity index (χ4v) is 4.19. The van der Waals surface area contributed by atoms with Crippen LogP contribution < -0.4 is 14.8 Å². The summed E-state index contributed by atoms with van der Waals surface area (Å²) in [4.78, 5) is 12.7.